The molecule has 0 saturated heterocycles. The van der Waals surface area contributed by atoms with Crippen molar-refractivity contribution in [2.45, 2.75) is 19.4 Å². The van der Waals surface area contributed by atoms with Gasteiger partial charge in [0.25, 0.3) is 0 Å². The number of methoxy groups -OCH3 is 1. The van der Waals surface area contributed by atoms with Gasteiger partial charge in [-0.05, 0) is 37.6 Å². The smallest absolute Gasteiger partial charge is 0.337 e. The van der Waals surface area contributed by atoms with Gasteiger partial charge in [-0.3, -0.25) is 0 Å². The molecule has 144 valence electrons. The molecule has 1 aromatic heterocycles. The van der Waals surface area contributed by atoms with Crippen molar-refractivity contribution in [2.75, 3.05) is 19.0 Å². The van der Waals surface area contributed by atoms with Gasteiger partial charge in [-0.15, -0.1) is 0 Å². The molecule has 0 aliphatic rings. The summed E-state index contributed by atoms with van der Waals surface area (Å²) in [5, 5.41) is 27.5. The maximum absolute atomic E-state index is 12.1. The third-order valence-corrected chi connectivity index (χ3v) is 3.68. The molecule has 1 atom stereocenters. The Morgan fingerprint density at radius 3 is 2.59 bits per heavy atom. The lowest BCUT2D eigenvalue weighted by molar-refractivity contribution is -0.155. The third-order valence-electron chi connectivity index (χ3n) is 3.68. The molecule has 1 aromatic carbocycles. The lowest BCUT2D eigenvalue weighted by Gasteiger charge is -2.19. The van der Waals surface area contributed by atoms with Crippen molar-refractivity contribution in [3.63, 3.8) is 0 Å². The molecule has 4 N–H and O–H groups in total. The van der Waals surface area contributed by atoms with Gasteiger partial charge < -0.3 is 25.6 Å². The molecule has 27 heavy (non-hydrogen) atoms. The Labute approximate surface area is 154 Å². The number of aromatic nitrogens is 2. The highest BCUT2D eigenvalue weighted by Gasteiger charge is 2.30. The van der Waals surface area contributed by atoms with Crippen molar-refractivity contribution in [1.82, 2.24) is 15.1 Å². The number of anilines is 1. The Hall–Kier alpha value is -3.40. The van der Waals surface area contributed by atoms with Crippen molar-refractivity contribution in [3.05, 3.63) is 41.7 Å². The van der Waals surface area contributed by atoms with Crippen LogP contribution in [0.4, 0.5) is 10.5 Å². The van der Waals surface area contributed by atoms with E-state index in [0.29, 0.717) is 5.69 Å². The molecule has 0 spiro atoms. The lowest BCUT2D eigenvalue weighted by atomic mass is 10.1. The first kappa shape index (κ1) is 19.9. The van der Waals surface area contributed by atoms with Crippen LogP contribution in [0.3, 0.4) is 0 Å². The standard InChI is InChI=1S/C17H20N4O6/c1-10-7-19-21(8-10)13-5-4-11(14(22)27-3)6-12(13)20-16(25)18-9-17(2,26)15(23)24/h4-8,26H,9H2,1-3H3,(H,23,24)(H2,18,20,25). The van der Waals surface area contributed by atoms with Crippen LogP contribution in [0.25, 0.3) is 5.69 Å². The van der Waals surface area contributed by atoms with Gasteiger partial charge in [0.05, 0.1) is 36.8 Å². The second kappa shape index (κ2) is 7.87. The largest absolute Gasteiger partial charge is 0.479 e. The van der Waals surface area contributed by atoms with Crippen LogP contribution in [-0.2, 0) is 9.53 Å². The minimum atomic E-state index is -2.12. The number of aliphatic hydroxyl groups is 1. The normalized spacial score (nSPS) is 12.7. The van der Waals surface area contributed by atoms with Crippen LogP contribution >= 0.6 is 0 Å². The van der Waals surface area contributed by atoms with E-state index in [1.807, 2.05) is 6.92 Å². The molecule has 10 heteroatoms. The van der Waals surface area contributed by atoms with Gasteiger partial charge in [0.15, 0.2) is 5.60 Å². The van der Waals surface area contributed by atoms with E-state index in [2.05, 4.69) is 20.5 Å². The van der Waals surface area contributed by atoms with Gasteiger partial charge in [-0.2, -0.15) is 5.10 Å². The SMILES string of the molecule is COC(=O)c1ccc(-n2cc(C)cn2)c(NC(=O)NCC(C)(O)C(=O)O)c1. The molecule has 0 aliphatic heterocycles. The third kappa shape index (κ3) is 4.82. The van der Waals surface area contributed by atoms with Gasteiger partial charge in [0.2, 0.25) is 0 Å². The number of carboxylic acids is 1. The van der Waals surface area contributed by atoms with Gasteiger partial charge in [-0.25, -0.2) is 19.1 Å². The number of amides is 2. The number of hydrogen-bond acceptors (Lipinski definition) is 6. The van der Waals surface area contributed by atoms with Crippen molar-refractivity contribution in [3.8, 4) is 5.69 Å². The first-order chi connectivity index (χ1) is 12.6. The summed E-state index contributed by atoms with van der Waals surface area (Å²) in [6.07, 6.45) is 3.35. The van der Waals surface area contributed by atoms with Crippen LogP contribution in [0, 0.1) is 6.92 Å². The Bertz CT molecular complexity index is 874. The number of carbonyl (C=O) groups is 3. The molecule has 0 fully saturated rings. The summed E-state index contributed by atoms with van der Waals surface area (Å²) in [5.41, 5.74) is -0.296. The number of esters is 1. The van der Waals surface area contributed by atoms with E-state index in [-0.39, 0.29) is 11.3 Å². The highest BCUT2D eigenvalue weighted by atomic mass is 16.5. The van der Waals surface area contributed by atoms with Gasteiger partial charge >= 0.3 is 18.0 Å². The predicted octanol–water partition coefficient (Wildman–Crippen LogP) is 0.924. The van der Waals surface area contributed by atoms with E-state index < -0.39 is 30.1 Å². The van der Waals surface area contributed by atoms with E-state index in [1.54, 1.807) is 18.5 Å². The molecule has 2 aromatic rings. The lowest BCUT2D eigenvalue weighted by Crippen LogP contribution is -2.47. The summed E-state index contributed by atoms with van der Waals surface area (Å²) in [6.45, 7) is 2.40. The maximum atomic E-state index is 12.1. The van der Waals surface area contributed by atoms with Crippen molar-refractivity contribution in [1.29, 1.82) is 0 Å². The Morgan fingerprint density at radius 1 is 1.33 bits per heavy atom. The average Bonchev–Trinajstić information content (AvgIpc) is 3.05. The summed E-state index contributed by atoms with van der Waals surface area (Å²) in [5.74, 6) is -2.06. The van der Waals surface area contributed by atoms with Gasteiger partial charge in [-0.1, -0.05) is 0 Å². The number of carboxylic acid groups (broad SMARTS) is 1. The highest BCUT2D eigenvalue weighted by molar-refractivity contribution is 5.96. The molecular weight excluding hydrogens is 356 g/mol. The zero-order chi connectivity index (χ0) is 20.2. The van der Waals surface area contributed by atoms with E-state index in [1.165, 1.54) is 23.9 Å². The number of nitrogens with one attached hydrogen (secondary N) is 2. The fourth-order valence-corrected chi connectivity index (χ4v) is 2.12. The average molecular weight is 376 g/mol. The minimum absolute atomic E-state index is 0.206. The van der Waals surface area contributed by atoms with Crippen LogP contribution in [0.15, 0.2) is 30.6 Å². The Balaban J connectivity index is 2.28. The molecule has 1 unspecified atom stereocenters. The van der Waals surface area contributed by atoms with Gasteiger partial charge in [0, 0.05) is 6.20 Å². The molecule has 0 bridgehead atoms. The second-order valence-corrected chi connectivity index (χ2v) is 6.07. The van der Waals surface area contributed by atoms with Crippen LogP contribution in [0.2, 0.25) is 0 Å². The van der Waals surface area contributed by atoms with Crippen LogP contribution < -0.4 is 10.6 Å². The Kier molecular flexibility index (Phi) is 5.81. The summed E-state index contributed by atoms with van der Waals surface area (Å²) in [6, 6.07) is 3.76. The van der Waals surface area contributed by atoms with Crippen molar-refractivity contribution in [2.24, 2.45) is 0 Å². The molecule has 0 aliphatic carbocycles. The number of aliphatic carboxylic acids is 1. The molecular formula is C17H20N4O6. The molecule has 0 saturated carbocycles. The molecule has 2 amide bonds. The zero-order valence-electron chi connectivity index (χ0n) is 15.0. The van der Waals surface area contributed by atoms with E-state index in [9.17, 15) is 19.5 Å². The quantitative estimate of drug-likeness (QED) is 0.549. The first-order valence-corrected chi connectivity index (χ1v) is 7.88. The molecule has 1 heterocycles. The summed E-state index contributed by atoms with van der Waals surface area (Å²) < 4.78 is 6.19. The van der Waals surface area contributed by atoms with Crippen molar-refractivity contribution < 1.29 is 29.3 Å². The number of hydrogen-bond donors (Lipinski definition) is 4. The number of aryl methyl sites for hydroxylation is 1. The van der Waals surface area contributed by atoms with Crippen LogP contribution in [-0.4, -0.2) is 57.2 Å². The predicted molar refractivity (Wildman–Crippen MR) is 94.9 cm³/mol. The number of rotatable bonds is 6. The Morgan fingerprint density at radius 2 is 2.04 bits per heavy atom. The zero-order valence-corrected chi connectivity index (χ0v) is 15.0. The van der Waals surface area contributed by atoms with Gasteiger partial charge in [0.1, 0.15) is 0 Å². The molecule has 2 rings (SSSR count). The fraction of sp³-hybridized carbons (Fsp3) is 0.294. The highest BCUT2D eigenvalue weighted by Crippen LogP contribution is 2.22. The number of carbonyl (C=O) groups excluding carboxylic acids is 2. The number of ether oxygens (including phenoxy) is 1. The topological polar surface area (TPSA) is 143 Å². The van der Waals surface area contributed by atoms with E-state index in [0.717, 1.165) is 12.5 Å². The number of benzene rings is 1. The fourth-order valence-electron chi connectivity index (χ4n) is 2.12. The summed E-state index contributed by atoms with van der Waals surface area (Å²) in [7, 11) is 1.24. The van der Waals surface area contributed by atoms with Crippen molar-refractivity contribution >= 4 is 23.7 Å². The van der Waals surface area contributed by atoms with Crippen LogP contribution in [0.1, 0.15) is 22.8 Å². The van der Waals surface area contributed by atoms with E-state index in [4.69, 9.17) is 5.11 Å². The maximum Gasteiger partial charge on any atom is 0.337 e. The first-order valence-electron chi connectivity index (χ1n) is 7.88. The second-order valence-electron chi connectivity index (χ2n) is 6.07. The summed E-state index contributed by atoms with van der Waals surface area (Å²) in [4.78, 5) is 34.8. The minimum Gasteiger partial charge on any atom is -0.479 e. The molecule has 10 nitrogen and oxygen atoms in total. The molecule has 0 radical (unpaired) electrons. The van der Waals surface area contributed by atoms with E-state index >= 15 is 0 Å². The van der Waals surface area contributed by atoms with Crippen LogP contribution in [0.5, 0.6) is 0 Å². The number of nitrogens with zero attached hydrogens (tertiary/aromatic N) is 2. The monoisotopic (exact) mass is 376 g/mol. The summed E-state index contributed by atoms with van der Waals surface area (Å²) >= 11 is 0. The number of urea groups is 1.